The summed E-state index contributed by atoms with van der Waals surface area (Å²) in [4.78, 5) is 13.1. The number of nitrogens with one attached hydrogen (secondary N) is 2. The number of hydrogen-bond acceptors (Lipinski definition) is 4. The second-order valence-electron chi connectivity index (χ2n) is 7.09. The number of benzene rings is 3. The Kier molecular flexibility index (Phi) is 6.25. The number of hydrogen-bond donors (Lipinski definition) is 2. The van der Waals surface area contributed by atoms with Gasteiger partial charge in [0.2, 0.25) is 12.7 Å². The molecule has 3 aromatic rings. The van der Waals surface area contributed by atoms with Crippen LogP contribution in [-0.2, 0) is 17.5 Å². The first-order chi connectivity index (χ1) is 15.3. The van der Waals surface area contributed by atoms with E-state index in [0.717, 1.165) is 23.8 Å². The van der Waals surface area contributed by atoms with Crippen molar-refractivity contribution in [3.05, 3.63) is 88.4 Å². The lowest BCUT2D eigenvalue weighted by atomic mass is 10.0. The highest BCUT2D eigenvalue weighted by molar-refractivity contribution is 6.33. The van der Waals surface area contributed by atoms with E-state index >= 15 is 0 Å². The predicted molar refractivity (Wildman–Crippen MR) is 114 cm³/mol. The van der Waals surface area contributed by atoms with E-state index in [1.54, 1.807) is 42.5 Å². The summed E-state index contributed by atoms with van der Waals surface area (Å²) < 4.78 is 49.9. The van der Waals surface area contributed by atoms with Crippen molar-refractivity contribution in [1.82, 2.24) is 5.32 Å². The van der Waals surface area contributed by atoms with Crippen LogP contribution >= 0.6 is 11.6 Å². The van der Waals surface area contributed by atoms with Gasteiger partial charge < -0.3 is 14.8 Å². The summed E-state index contributed by atoms with van der Waals surface area (Å²) in [5.74, 6) is 0.712. The third kappa shape index (κ3) is 4.98. The van der Waals surface area contributed by atoms with Crippen molar-refractivity contribution in [2.24, 2.45) is 0 Å². The monoisotopic (exact) mass is 462 g/mol. The van der Waals surface area contributed by atoms with Gasteiger partial charge in [0.25, 0.3) is 0 Å². The number of halogens is 4. The highest BCUT2D eigenvalue weighted by Gasteiger charge is 2.31. The summed E-state index contributed by atoms with van der Waals surface area (Å²) in [7, 11) is 0. The number of carbonyl (C=O) groups excluding carboxylic acids is 1. The van der Waals surface area contributed by atoms with Crippen LogP contribution in [-0.4, -0.2) is 12.7 Å². The van der Waals surface area contributed by atoms with E-state index in [4.69, 9.17) is 21.1 Å². The largest absolute Gasteiger partial charge is 0.454 e. The smallest absolute Gasteiger partial charge is 0.416 e. The minimum absolute atomic E-state index is 0.00827. The lowest BCUT2D eigenvalue weighted by molar-refractivity contribution is -0.137. The van der Waals surface area contributed by atoms with Gasteiger partial charge in [-0.25, -0.2) is 0 Å². The lowest BCUT2D eigenvalue weighted by Crippen LogP contribution is -2.33. The molecule has 9 heteroatoms. The number of carbonyl (C=O) groups is 1. The molecule has 32 heavy (non-hydrogen) atoms. The zero-order valence-corrected chi connectivity index (χ0v) is 17.3. The number of anilines is 1. The van der Waals surface area contributed by atoms with Crippen molar-refractivity contribution in [3.8, 4) is 11.5 Å². The molecule has 1 atom stereocenters. The molecule has 2 N–H and O–H groups in total. The van der Waals surface area contributed by atoms with E-state index in [9.17, 15) is 18.0 Å². The van der Waals surface area contributed by atoms with E-state index in [0.29, 0.717) is 23.6 Å². The fraction of sp³-hybridized carbons (Fsp3) is 0.174. The van der Waals surface area contributed by atoms with Gasteiger partial charge >= 0.3 is 6.18 Å². The Morgan fingerprint density at radius 1 is 1.00 bits per heavy atom. The zero-order valence-electron chi connectivity index (χ0n) is 16.6. The number of fused-ring (bicyclic) bond motifs is 1. The summed E-state index contributed by atoms with van der Waals surface area (Å²) in [6, 6.07) is 16.2. The van der Waals surface area contributed by atoms with Gasteiger partial charge in [-0.1, -0.05) is 48.0 Å². The zero-order chi connectivity index (χ0) is 22.7. The molecule has 0 aromatic heterocycles. The summed E-state index contributed by atoms with van der Waals surface area (Å²) >= 11 is 6.04. The second-order valence-corrected chi connectivity index (χ2v) is 7.50. The minimum atomic E-state index is -4.56. The molecule has 0 spiro atoms. The van der Waals surface area contributed by atoms with E-state index in [-0.39, 0.29) is 17.5 Å². The van der Waals surface area contributed by atoms with Crippen LogP contribution in [0.25, 0.3) is 0 Å². The molecule has 4 rings (SSSR count). The van der Waals surface area contributed by atoms with Crippen molar-refractivity contribution in [3.63, 3.8) is 0 Å². The van der Waals surface area contributed by atoms with Crippen LogP contribution in [0.3, 0.4) is 0 Å². The molecule has 166 valence electrons. The summed E-state index contributed by atoms with van der Waals surface area (Å²) in [5.41, 5.74) is 0.480. The molecular weight excluding hydrogens is 445 g/mol. The quantitative estimate of drug-likeness (QED) is 0.503. The van der Waals surface area contributed by atoms with E-state index < -0.39 is 23.7 Å². The van der Waals surface area contributed by atoms with E-state index in [1.165, 1.54) is 0 Å². The maximum Gasteiger partial charge on any atom is 0.416 e. The molecule has 0 aliphatic carbocycles. The van der Waals surface area contributed by atoms with Crippen LogP contribution in [0.4, 0.5) is 18.9 Å². The molecule has 1 aliphatic heterocycles. The maximum atomic E-state index is 13.1. The van der Waals surface area contributed by atoms with Gasteiger partial charge in [0.05, 0.1) is 16.3 Å². The van der Waals surface area contributed by atoms with Crippen LogP contribution in [0.1, 0.15) is 22.7 Å². The van der Waals surface area contributed by atoms with Crippen molar-refractivity contribution in [2.75, 3.05) is 12.1 Å². The second kappa shape index (κ2) is 9.10. The highest BCUT2D eigenvalue weighted by Crippen LogP contribution is 2.35. The van der Waals surface area contributed by atoms with Gasteiger partial charge in [-0.15, -0.1) is 0 Å². The van der Waals surface area contributed by atoms with Gasteiger partial charge in [0, 0.05) is 6.54 Å². The van der Waals surface area contributed by atoms with Gasteiger partial charge in [-0.05, 0) is 41.5 Å². The highest BCUT2D eigenvalue weighted by atomic mass is 35.5. The first-order valence-corrected chi connectivity index (χ1v) is 10.0. The fourth-order valence-corrected chi connectivity index (χ4v) is 3.45. The topological polar surface area (TPSA) is 59.6 Å². The molecule has 5 nitrogen and oxygen atoms in total. The van der Waals surface area contributed by atoms with Crippen molar-refractivity contribution < 1.29 is 27.4 Å². The normalized spacial score (nSPS) is 13.6. The number of alkyl halides is 3. The van der Waals surface area contributed by atoms with Crippen LogP contribution in [0.2, 0.25) is 5.02 Å². The minimum Gasteiger partial charge on any atom is -0.454 e. The van der Waals surface area contributed by atoms with E-state index in [2.05, 4.69) is 10.6 Å². The van der Waals surface area contributed by atoms with Crippen LogP contribution in [0.15, 0.2) is 66.7 Å². The van der Waals surface area contributed by atoms with Crippen molar-refractivity contribution >= 4 is 23.2 Å². The van der Waals surface area contributed by atoms with Gasteiger partial charge in [-0.3, -0.25) is 10.1 Å². The predicted octanol–water partition coefficient (Wildman–Crippen LogP) is 5.56. The van der Waals surface area contributed by atoms with Crippen LogP contribution < -0.4 is 20.1 Å². The van der Waals surface area contributed by atoms with E-state index in [1.807, 2.05) is 6.07 Å². The Balaban J connectivity index is 1.55. The van der Waals surface area contributed by atoms with Gasteiger partial charge in [0.1, 0.15) is 6.04 Å². The SMILES string of the molecule is O=C(Nc1cc(C(F)(F)F)ccc1Cl)[C@H](NCc1ccc2c(c1)OCO2)c1ccccc1. The number of rotatable bonds is 6. The third-order valence-corrected chi connectivity index (χ3v) is 5.22. The molecule has 0 saturated heterocycles. The first-order valence-electron chi connectivity index (χ1n) is 9.66. The summed E-state index contributed by atoms with van der Waals surface area (Å²) in [6.45, 7) is 0.457. The fourth-order valence-electron chi connectivity index (χ4n) is 3.28. The molecule has 1 aliphatic rings. The Morgan fingerprint density at radius 3 is 2.50 bits per heavy atom. The number of ether oxygens (including phenoxy) is 2. The third-order valence-electron chi connectivity index (χ3n) is 4.89. The molecule has 1 heterocycles. The Labute approximate surface area is 187 Å². The average molecular weight is 463 g/mol. The molecule has 3 aromatic carbocycles. The number of amides is 1. The molecule has 0 fully saturated rings. The summed E-state index contributed by atoms with van der Waals surface area (Å²) in [6.07, 6.45) is -4.56. The van der Waals surface area contributed by atoms with Crippen LogP contribution in [0.5, 0.6) is 11.5 Å². The molecule has 0 bridgehead atoms. The molecule has 0 unspecified atom stereocenters. The van der Waals surface area contributed by atoms with Gasteiger partial charge in [0.15, 0.2) is 11.5 Å². The molecule has 0 saturated carbocycles. The Morgan fingerprint density at radius 2 is 1.75 bits per heavy atom. The van der Waals surface area contributed by atoms with Gasteiger partial charge in [-0.2, -0.15) is 13.2 Å². The van der Waals surface area contributed by atoms with Crippen molar-refractivity contribution in [2.45, 2.75) is 18.8 Å². The first kappa shape index (κ1) is 22.0. The molecule has 0 radical (unpaired) electrons. The lowest BCUT2D eigenvalue weighted by Gasteiger charge is -2.20. The van der Waals surface area contributed by atoms with Crippen LogP contribution in [0, 0.1) is 0 Å². The standard InChI is InChI=1S/C23H18ClF3N2O3/c24-17-8-7-16(23(25,26)27)11-18(17)29-22(30)21(15-4-2-1-3-5-15)28-12-14-6-9-19-20(10-14)32-13-31-19/h1-11,21,28H,12-13H2,(H,29,30)/t21-/m1/s1. The average Bonchev–Trinajstić information content (AvgIpc) is 3.23. The summed E-state index contributed by atoms with van der Waals surface area (Å²) in [5, 5.41) is 5.68. The molecular formula is C23H18ClF3N2O3. The van der Waals surface area contributed by atoms with Crippen molar-refractivity contribution in [1.29, 1.82) is 0 Å². The Hall–Kier alpha value is -3.23. The molecule has 1 amide bonds. The maximum absolute atomic E-state index is 13.1. The Bertz CT molecular complexity index is 1120.